The third-order valence-corrected chi connectivity index (χ3v) is 5.22. The summed E-state index contributed by atoms with van der Waals surface area (Å²) in [5, 5.41) is 0. The van der Waals surface area contributed by atoms with Gasteiger partial charge in [-0.15, -0.1) is 0 Å². The van der Waals surface area contributed by atoms with Gasteiger partial charge in [0.15, 0.2) is 11.5 Å². The molecule has 1 aromatic rings. The van der Waals surface area contributed by atoms with Gasteiger partial charge in [-0.3, -0.25) is 14.5 Å². The number of benzene rings is 1. The minimum absolute atomic E-state index is 0.0777. The Bertz CT molecular complexity index is 659. The fourth-order valence-electron chi connectivity index (χ4n) is 3.21. The van der Waals surface area contributed by atoms with Gasteiger partial charge in [-0.1, -0.05) is 28.1 Å². The van der Waals surface area contributed by atoms with Crippen LogP contribution in [-0.4, -0.2) is 30.9 Å². The van der Waals surface area contributed by atoms with E-state index in [1.807, 2.05) is 12.2 Å². The molecular weight excluding hydrogens is 362 g/mol. The van der Waals surface area contributed by atoms with Crippen LogP contribution in [0.3, 0.4) is 0 Å². The van der Waals surface area contributed by atoms with Gasteiger partial charge in [0.25, 0.3) is 0 Å². The zero-order valence-corrected chi connectivity index (χ0v) is 14.6. The van der Waals surface area contributed by atoms with Gasteiger partial charge in [-0.05, 0) is 30.5 Å². The van der Waals surface area contributed by atoms with Crippen molar-refractivity contribution in [3.05, 3.63) is 34.3 Å². The summed E-state index contributed by atoms with van der Waals surface area (Å²) in [7, 11) is 3.12. The lowest BCUT2D eigenvalue weighted by atomic mass is 9.85. The number of carbonyl (C=O) groups excluding carboxylic acids is 2. The fourth-order valence-corrected chi connectivity index (χ4v) is 3.66. The maximum atomic E-state index is 12.5. The molecule has 1 saturated heterocycles. The quantitative estimate of drug-likeness (QED) is 0.596. The topological polar surface area (TPSA) is 55.8 Å². The van der Waals surface area contributed by atoms with Crippen molar-refractivity contribution in [1.82, 2.24) is 4.90 Å². The number of hydrogen-bond donors (Lipinski definition) is 0. The second-order valence-electron chi connectivity index (χ2n) is 5.72. The number of ether oxygens (including phenoxy) is 2. The molecule has 2 atom stereocenters. The molecule has 0 aromatic heterocycles. The molecule has 0 N–H and O–H groups in total. The van der Waals surface area contributed by atoms with Gasteiger partial charge in [-0.2, -0.15) is 0 Å². The molecule has 5 nitrogen and oxygen atoms in total. The van der Waals surface area contributed by atoms with Gasteiger partial charge < -0.3 is 9.47 Å². The number of nitrogens with zero attached hydrogens (tertiary/aromatic N) is 1. The number of fused-ring (bicyclic) bond motifs is 1. The van der Waals surface area contributed by atoms with Crippen molar-refractivity contribution >= 4 is 27.7 Å². The van der Waals surface area contributed by atoms with Crippen molar-refractivity contribution in [3.63, 3.8) is 0 Å². The minimum atomic E-state index is -0.202. The average Bonchev–Trinajstić information content (AvgIpc) is 2.81. The van der Waals surface area contributed by atoms with Crippen molar-refractivity contribution in [2.75, 3.05) is 14.2 Å². The first kappa shape index (κ1) is 16.1. The van der Waals surface area contributed by atoms with Crippen LogP contribution >= 0.6 is 15.9 Å². The molecule has 2 aliphatic rings. The third kappa shape index (κ3) is 2.76. The molecule has 2 amide bonds. The Morgan fingerprint density at radius 1 is 1.04 bits per heavy atom. The second kappa shape index (κ2) is 6.35. The average molecular weight is 380 g/mol. The lowest BCUT2D eigenvalue weighted by molar-refractivity contribution is -0.140. The van der Waals surface area contributed by atoms with Gasteiger partial charge >= 0.3 is 0 Å². The van der Waals surface area contributed by atoms with Gasteiger partial charge in [0.05, 0.1) is 32.6 Å². The minimum Gasteiger partial charge on any atom is -0.493 e. The van der Waals surface area contributed by atoms with E-state index in [4.69, 9.17) is 9.47 Å². The summed E-state index contributed by atoms with van der Waals surface area (Å²) in [5.74, 6) is 0.610. The third-order valence-electron chi connectivity index (χ3n) is 4.48. The van der Waals surface area contributed by atoms with E-state index in [1.165, 1.54) is 4.90 Å². The summed E-state index contributed by atoms with van der Waals surface area (Å²) < 4.78 is 11.3. The molecule has 1 heterocycles. The first-order valence-corrected chi connectivity index (χ1v) is 8.26. The molecule has 0 radical (unpaired) electrons. The highest BCUT2D eigenvalue weighted by molar-refractivity contribution is 9.10. The normalized spacial score (nSPS) is 23.2. The van der Waals surface area contributed by atoms with E-state index in [-0.39, 0.29) is 30.2 Å². The van der Waals surface area contributed by atoms with Crippen LogP contribution in [0.1, 0.15) is 18.4 Å². The van der Waals surface area contributed by atoms with Crippen molar-refractivity contribution in [2.24, 2.45) is 11.8 Å². The number of imide groups is 1. The molecule has 0 saturated carbocycles. The lowest BCUT2D eigenvalue weighted by Gasteiger charge is -2.17. The molecule has 6 heteroatoms. The van der Waals surface area contributed by atoms with E-state index < -0.39 is 0 Å². The number of likely N-dealkylation sites (tertiary alicyclic amines) is 1. The number of carbonyl (C=O) groups is 2. The van der Waals surface area contributed by atoms with E-state index in [0.717, 1.165) is 10.0 Å². The van der Waals surface area contributed by atoms with Crippen molar-refractivity contribution in [3.8, 4) is 11.5 Å². The van der Waals surface area contributed by atoms with Crippen molar-refractivity contribution < 1.29 is 19.1 Å². The summed E-state index contributed by atoms with van der Waals surface area (Å²) in [6.45, 7) is 0.242. The van der Waals surface area contributed by atoms with Crippen LogP contribution in [0.2, 0.25) is 0 Å². The highest BCUT2D eigenvalue weighted by atomic mass is 79.9. The SMILES string of the molecule is COc1cc(Br)c(CN2C(=O)[C@@H]3CC=CC[C@H]3C2=O)cc1OC. The Kier molecular flexibility index (Phi) is 4.43. The number of allylic oxidation sites excluding steroid dienone is 2. The number of methoxy groups -OCH3 is 2. The Hall–Kier alpha value is -1.82. The predicted molar refractivity (Wildman–Crippen MR) is 88.2 cm³/mol. The van der Waals surface area contributed by atoms with Crippen LogP contribution in [0.25, 0.3) is 0 Å². The standard InChI is InChI=1S/C17H18BrNO4/c1-22-14-7-10(13(18)8-15(14)23-2)9-19-16(20)11-5-3-4-6-12(11)17(19)21/h3-4,7-8,11-12H,5-6,9H2,1-2H3/t11-,12-/m1/s1. The van der Waals surface area contributed by atoms with E-state index in [0.29, 0.717) is 24.3 Å². The Morgan fingerprint density at radius 3 is 2.09 bits per heavy atom. The summed E-state index contributed by atoms with van der Waals surface area (Å²) in [6, 6.07) is 3.58. The smallest absolute Gasteiger partial charge is 0.233 e. The van der Waals surface area contributed by atoms with Crippen LogP contribution in [0.4, 0.5) is 0 Å². The number of amides is 2. The molecule has 0 bridgehead atoms. The van der Waals surface area contributed by atoms with Crippen LogP contribution in [-0.2, 0) is 16.1 Å². The fraction of sp³-hybridized carbons (Fsp3) is 0.412. The highest BCUT2D eigenvalue weighted by Crippen LogP contribution is 2.38. The summed E-state index contributed by atoms with van der Waals surface area (Å²) in [5.41, 5.74) is 0.816. The van der Waals surface area contributed by atoms with E-state index >= 15 is 0 Å². The summed E-state index contributed by atoms with van der Waals surface area (Å²) >= 11 is 3.48. The van der Waals surface area contributed by atoms with Crippen molar-refractivity contribution in [1.29, 1.82) is 0 Å². The molecule has 3 rings (SSSR count). The van der Waals surface area contributed by atoms with Crippen LogP contribution in [0.15, 0.2) is 28.8 Å². The maximum absolute atomic E-state index is 12.5. The Balaban J connectivity index is 1.87. The van der Waals surface area contributed by atoms with Gasteiger partial charge in [0.2, 0.25) is 11.8 Å². The molecule has 1 fully saturated rings. The van der Waals surface area contributed by atoms with Gasteiger partial charge in [0, 0.05) is 4.47 Å². The first-order valence-electron chi connectivity index (χ1n) is 7.47. The maximum Gasteiger partial charge on any atom is 0.233 e. The van der Waals surface area contributed by atoms with Crippen LogP contribution in [0, 0.1) is 11.8 Å². The van der Waals surface area contributed by atoms with Gasteiger partial charge in [0.1, 0.15) is 0 Å². The Labute approximate surface area is 143 Å². The Morgan fingerprint density at radius 2 is 1.57 bits per heavy atom. The van der Waals surface area contributed by atoms with Crippen LogP contribution < -0.4 is 9.47 Å². The van der Waals surface area contributed by atoms with E-state index in [2.05, 4.69) is 15.9 Å². The lowest BCUT2D eigenvalue weighted by Crippen LogP contribution is -2.30. The number of halogens is 1. The number of hydrogen-bond acceptors (Lipinski definition) is 4. The van der Waals surface area contributed by atoms with Gasteiger partial charge in [-0.25, -0.2) is 0 Å². The molecule has 1 aliphatic heterocycles. The molecule has 23 heavy (non-hydrogen) atoms. The van der Waals surface area contributed by atoms with E-state index in [9.17, 15) is 9.59 Å². The molecule has 1 aliphatic carbocycles. The molecular formula is C17H18BrNO4. The highest BCUT2D eigenvalue weighted by Gasteiger charge is 2.47. The zero-order chi connectivity index (χ0) is 16.6. The molecule has 0 unspecified atom stereocenters. The second-order valence-corrected chi connectivity index (χ2v) is 6.57. The summed E-state index contributed by atoms with van der Waals surface area (Å²) in [4.78, 5) is 26.5. The summed E-state index contributed by atoms with van der Waals surface area (Å²) in [6.07, 6.45) is 5.28. The largest absolute Gasteiger partial charge is 0.493 e. The zero-order valence-electron chi connectivity index (χ0n) is 13.0. The number of rotatable bonds is 4. The molecule has 0 spiro atoms. The first-order chi connectivity index (χ1) is 11.1. The molecule has 122 valence electrons. The van der Waals surface area contributed by atoms with Crippen LogP contribution in [0.5, 0.6) is 11.5 Å². The monoisotopic (exact) mass is 379 g/mol. The van der Waals surface area contributed by atoms with Crippen molar-refractivity contribution in [2.45, 2.75) is 19.4 Å². The van der Waals surface area contributed by atoms with E-state index in [1.54, 1.807) is 26.4 Å². The molecule has 1 aromatic carbocycles. The predicted octanol–water partition coefficient (Wildman–Crippen LogP) is 2.92.